The predicted octanol–water partition coefficient (Wildman–Crippen LogP) is 11.3. The van der Waals surface area contributed by atoms with Gasteiger partial charge in [0.25, 0.3) is 0 Å². The van der Waals surface area contributed by atoms with E-state index >= 15 is 0 Å². The summed E-state index contributed by atoms with van der Waals surface area (Å²) < 4.78 is 6.16. The number of furan rings is 1. The second-order valence-corrected chi connectivity index (χ2v) is 17.9. The van der Waals surface area contributed by atoms with E-state index < -0.39 is 8.07 Å². The van der Waals surface area contributed by atoms with Crippen molar-refractivity contribution in [2.45, 2.75) is 0 Å². The second-order valence-electron chi connectivity index (χ2n) is 14.1. The Bertz CT molecular complexity index is 2790. The molecular formula is C52H37NOSi. The van der Waals surface area contributed by atoms with E-state index in [4.69, 9.17) is 4.42 Å². The third-order valence-corrected chi connectivity index (χ3v) is 15.8. The summed E-state index contributed by atoms with van der Waals surface area (Å²) in [6.45, 7) is 0. The summed E-state index contributed by atoms with van der Waals surface area (Å²) in [7, 11) is -2.63. The Hall–Kier alpha value is -6.94. The average Bonchev–Trinajstić information content (AvgIpc) is 3.66. The van der Waals surface area contributed by atoms with Gasteiger partial charge in [-0.05, 0) is 97.2 Å². The Morgan fingerprint density at radius 2 is 0.800 bits per heavy atom. The molecule has 0 unspecified atom stereocenters. The molecule has 55 heavy (non-hydrogen) atoms. The number of benzene rings is 9. The van der Waals surface area contributed by atoms with Crippen molar-refractivity contribution in [1.29, 1.82) is 0 Å². The summed E-state index contributed by atoms with van der Waals surface area (Å²) in [5.41, 5.74) is 7.54. The molecule has 10 rings (SSSR count). The van der Waals surface area contributed by atoms with Crippen LogP contribution in [0.2, 0.25) is 0 Å². The summed E-state index contributed by atoms with van der Waals surface area (Å²) in [6.07, 6.45) is 0. The first kappa shape index (κ1) is 32.7. The molecule has 3 heteroatoms. The van der Waals surface area contributed by atoms with Crippen molar-refractivity contribution in [3.8, 4) is 11.1 Å². The number of fused-ring (bicyclic) bond motifs is 5. The van der Waals surface area contributed by atoms with Crippen LogP contribution in [0.4, 0.5) is 17.1 Å². The molecule has 1 heterocycles. The maximum absolute atomic E-state index is 6.16. The summed E-state index contributed by atoms with van der Waals surface area (Å²) in [4.78, 5) is 2.35. The van der Waals surface area contributed by atoms with Crippen molar-refractivity contribution in [2.24, 2.45) is 0 Å². The van der Waals surface area contributed by atoms with Gasteiger partial charge in [-0.3, -0.25) is 0 Å². The second kappa shape index (κ2) is 13.8. The molecule has 1 aromatic heterocycles. The van der Waals surface area contributed by atoms with Crippen LogP contribution in [0.15, 0.2) is 229 Å². The van der Waals surface area contributed by atoms with E-state index in [2.05, 4.69) is 217 Å². The van der Waals surface area contributed by atoms with Crippen LogP contribution in [0.1, 0.15) is 0 Å². The first-order chi connectivity index (χ1) is 27.3. The van der Waals surface area contributed by atoms with Gasteiger partial charge in [-0.2, -0.15) is 0 Å². The van der Waals surface area contributed by atoms with Crippen LogP contribution in [0, 0.1) is 0 Å². The lowest BCUT2D eigenvalue weighted by Gasteiger charge is -2.35. The van der Waals surface area contributed by atoms with Gasteiger partial charge in [-0.25, -0.2) is 0 Å². The van der Waals surface area contributed by atoms with E-state index in [-0.39, 0.29) is 0 Å². The van der Waals surface area contributed by atoms with Crippen molar-refractivity contribution in [1.82, 2.24) is 0 Å². The maximum Gasteiger partial charge on any atom is 0.179 e. The van der Waals surface area contributed by atoms with Crippen LogP contribution in [-0.2, 0) is 0 Å². The molecule has 10 aromatic rings. The third kappa shape index (κ3) is 5.65. The number of rotatable bonds is 8. The van der Waals surface area contributed by atoms with E-state index in [1.54, 1.807) is 0 Å². The molecule has 0 N–H and O–H groups in total. The van der Waals surface area contributed by atoms with Crippen LogP contribution in [-0.4, -0.2) is 8.07 Å². The molecule has 0 saturated heterocycles. The molecule has 0 aliphatic rings. The highest BCUT2D eigenvalue weighted by atomic mass is 28.3. The lowest BCUT2D eigenvalue weighted by Crippen LogP contribution is -2.74. The minimum absolute atomic E-state index is 0.923. The van der Waals surface area contributed by atoms with Gasteiger partial charge in [-0.1, -0.05) is 170 Å². The van der Waals surface area contributed by atoms with Gasteiger partial charge in [0.1, 0.15) is 11.2 Å². The van der Waals surface area contributed by atoms with Crippen molar-refractivity contribution in [2.75, 3.05) is 4.90 Å². The molecule has 0 amide bonds. The van der Waals surface area contributed by atoms with E-state index in [1.807, 2.05) is 12.1 Å². The third-order valence-electron chi connectivity index (χ3n) is 11.0. The zero-order valence-electron chi connectivity index (χ0n) is 30.2. The zero-order valence-corrected chi connectivity index (χ0v) is 31.2. The fraction of sp³-hybridized carbons (Fsp3) is 0. The molecule has 0 spiro atoms. The number of para-hydroxylation sites is 2. The normalized spacial score (nSPS) is 11.6. The Morgan fingerprint density at radius 1 is 0.327 bits per heavy atom. The minimum atomic E-state index is -2.63. The Kier molecular flexibility index (Phi) is 8.20. The number of hydrogen-bond acceptors (Lipinski definition) is 2. The largest absolute Gasteiger partial charge is 0.456 e. The van der Waals surface area contributed by atoms with Crippen LogP contribution in [0.5, 0.6) is 0 Å². The maximum atomic E-state index is 6.16. The van der Waals surface area contributed by atoms with Gasteiger partial charge < -0.3 is 9.32 Å². The summed E-state index contributed by atoms with van der Waals surface area (Å²) in [5, 5.41) is 10.2. The fourth-order valence-corrected chi connectivity index (χ4v) is 13.2. The SMILES string of the molecule is c1ccc(N(c2ccc(-c3ccc4c(ccc5oc6ccccc6c54)c3)cc2)c2ccc([Si](c3ccccc3)(c3ccccc3)c3ccccc3)cc2)cc1. The van der Waals surface area contributed by atoms with Crippen molar-refractivity contribution < 1.29 is 4.42 Å². The lowest BCUT2D eigenvalue weighted by atomic mass is 9.98. The topological polar surface area (TPSA) is 16.4 Å². The quantitative estimate of drug-likeness (QED) is 0.115. The molecule has 260 valence electrons. The highest BCUT2D eigenvalue weighted by molar-refractivity contribution is 7.19. The Morgan fingerprint density at radius 3 is 1.40 bits per heavy atom. The van der Waals surface area contributed by atoms with Gasteiger partial charge in [0.15, 0.2) is 8.07 Å². The lowest BCUT2D eigenvalue weighted by molar-refractivity contribution is 0.669. The predicted molar refractivity (Wildman–Crippen MR) is 235 cm³/mol. The molecule has 0 fully saturated rings. The Balaban J connectivity index is 1.05. The van der Waals surface area contributed by atoms with Crippen LogP contribution in [0.3, 0.4) is 0 Å². The minimum Gasteiger partial charge on any atom is -0.456 e. The monoisotopic (exact) mass is 719 g/mol. The van der Waals surface area contributed by atoms with Crippen LogP contribution >= 0.6 is 0 Å². The Labute approximate surface area is 322 Å². The fourth-order valence-electron chi connectivity index (χ4n) is 8.49. The zero-order chi connectivity index (χ0) is 36.6. The first-order valence-corrected chi connectivity index (χ1v) is 20.8. The van der Waals surface area contributed by atoms with Gasteiger partial charge in [0.2, 0.25) is 0 Å². The molecule has 2 nitrogen and oxygen atoms in total. The van der Waals surface area contributed by atoms with E-state index in [0.29, 0.717) is 0 Å². The van der Waals surface area contributed by atoms with Gasteiger partial charge in [0.05, 0.1) is 0 Å². The van der Waals surface area contributed by atoms with Gasteiger partial charge in [-0.15, -0.1) is 0 Å². The van der Waals surface area contributed by atoms with Crippen molar-refractivity contribution in [3.63, 3.8) is 0 Å². The first-order valence-electron chi connectivity index (χ1n) is 18.8. The highest BCUT2D eigenvalue weighted by Gasteiger charge is 2.41. The molecule has 0 aliphatic heterocycles. The molecule has 0 bridgehead atoms. The van der Waals surface area contributed by atoms with Gasteiger partial charge >= 0.3 is 0 Å². The van der Waals surface area contributed by atoms with Gasteiger partial charge in [0, 0.05) is 27.8 Å². The number of nitrogens with zero attached hydrogens (tertiary/aromatic N) is 1. The average molecular weight is 720 g/mol. The molecule has 9 aromatic carbocycles. The summed E-state index contributed by atoms with van der Waals surface area (Å²) in [6, 6.07) is 81.6. The van der Waals surface area contributed by atoms with Crippen LogP contribution < -0.4 is 25.6 Å². The van der Waals surface area contributed by atoms with E-state index in [9.17, 15) is 0 Å². The molecule has 0 saturated carbocycles. The van der Waals surface area contributed by atoms with Crippen LogP contribution in [0.25, 0.3) is 43.8 Å². The summed E-state index contributed by atoms with van der Waals surface area (Å²) >= 11 is 0. The van der Waals surface area contributed by atoms with Crippen molar-refractivity contribution in [3.05, 3.63) is 224 Å². The molecular weight excluding hydrogens is 683 g/mol. The number of anilines is 3. The molecule has 0 radical (unpaired) electrons. The van der Waals surface area contributed by atoms with Crippen molar-refractivity contribution >= 4 is 78.6 Å². The molecule has 0 aliphatic carbocycles. The highest BCUT2D eigenvalue weighted by Crippen LogP contribution is 2.38. The van der Waals surface area contributed by atoms with E-state index in [0.717, 1.165) is 33.6 Å². The molecule has 0 atom stereocenters. The number of hydrogen-bond donors (Lipinski definition) is 0. The van der Waals surface area contributed by atoms with E-state index in [1.165, 1.54) is 48.0 Å². The standard InChI is InChI=1S/C52H37NOSi/c1-5-15-41(16-6-1)53(42-29-25-38(26-30-42)39-27-35-48-40(37-39)28-36-51-52(48)49-23-13-14-24-50(49)54-51)43-31-33-47(34-32-43)55(44-17-7-2-8-18-44,45-19-9-3-10-20-45)46-21-11-4-12-22-46/h1-37H. The summed E-state index contributed by atoms with van der Waals surface area (Å²) in [5.74, 6) is 0. The smallest absolute Gasteiger partial charge is 0.179 e.